The van der Waals surface area contributed by atoms with Crippen molar-refractivity contribution in [2.75, 3.05) is 18.8 Å². The van der Waals surface area contributed by atoms with E-state index in [2.05, 4.69) is 46.4 Å². The lowest BCUT2D eigenvalue weighted by Gasteiger charge is -2.33. The van der Waals surface area contributed by atoms with E-state index in [4.69, 9.17) is 0 Å². The van der Waals surface area contributed by atoms with Crippen LogP contribution in [-0.4, -0.2) is 44.8 Å². The van der Waals surface area contributed by atoms with Gasteiger partial charge in [-0.05, 0) is 37.7 Å². The summed E-state index contributed by atoms with van der Waals surface area (Å²) < 4.78 is 0. The molecule has 0 bridgehead atoms. The first-order chi connectivity index (χ1) is 11.2. The molecular weight excluding hydrogens is 308 g/mol. The van der Waals surface area contributed by atoms with Gasteiger partial charge in [0.25, 0.3) is 0 Å². The number of aromatic amines is 1. The molecule has 0 radical (unpaired) electrons. The van der Waals surface area contributed by atoms with Crippen molar-refractivity contribution in [3.8, 4) is 0 Å². The van der Waals surface area contributed by atoms with Gasteiger partial charge in [-0.15, -0.1) is 0 Å². The fourth-order valence-electron chi connectivity index (χ4n) is 3.00. The minimum absolute atomic E-state index is 0.194. The number of hydrogen-bond donors (Lipinski definition) is 1. The minimum atomic E-state index is 0.194. The van der Waals surface area contributed by atoms with Gasteiger partial charge in [-0.2, -0.15) is 5.10 Å². The van der Waals surface area contributed by atoms with Crippen LogP contribution in [0.3, 0.4) is 0 Å². The Kier molecular flexibility index (Phi) is 5.33. The predicted molar refractivity (Wildman–Crippen MR) is 91.3 cm³/mol. The van der Waals surface area contributed by atoms with Crippen LogP contribution in [0.25, 0.3) is 0 Å². The average molecular weight is 330 g/mol. The lowest BCUT2D eigenvalue weighted by atomic mass is 9.91. The monoisotopic (exact) mass is 330 g/mol. The van der Waals surface area contributed by atoms with Gasteiger partial charge in [-0.3, -0.25) is 9.89 Å². The third-order valence-corrected chi connectivity index (χ3v) is 5.10. The summed E-state index contributed by atoms with van der Waals surface area (Å²) in [7, 11) is 0. The summed E-state index contributed by atoms with van der Waals surface area (Å²) in [5, 5.41) is 7.27. The zero-order valence-corrected chi connectivity index (χ0v) is 14.2. The molecular formula is C17H22N4OS. The van der Waals surface area contributed by atoms with E-state index in [1.54, 1.807) is 0 Å². The highest BCUT2D eigenvalue weighted by molar-refractivity contribution is 7.99. The largest absolute Gasteiger partial charge is 0.342 e. The number of likely N-dealkylation sites (tertiary alicyclic amines) is 1. The number of piperidine rings is 1. The van der Waals surface area contributed by atoms with Crippen molar-refractivity contribution in [1.82, 2.24) is 20.1 Å². The number of aryl methyl sites for hydroxylation is 1. The second-order valence-electron chi connectivity index (χ2n) is 6.12. The number of carbonyl (C=O) groups is 1. The standard InChI is InChI=1S/C17H22N4OS/c1-13-4-6-14(7-5-13)9-15-3-2-8-21(10-15)16(22)11-23-17-18-12-19-20-17/h4-7,12,15H,2-3,8-11H2,1H3,(H,18,19,20)/t15-/m0/s1. The maximum Gasteiger partial charge on any atom is 0.233 e. The Hall–Kier alpha value is -1.82. The highest BCUT2D eigenvalue weighted by Crippen LogP contribution is 2.22. The van der Waals surface area contributed by atoms with E-state index >= 15 is 0 Å². The Morgan fingerprint density at radius 3 is 2.96 bits per heavy atom. The number of amides is 1. The van der Waals surface area contributed by atoms with Crippen LogP contribution in [0.4, 0.5) is 0 Å². The van der Waals surface area contributed by atoms with Crippen molar-refractivity contribution in [3.63, 3.8) is 0 Å². The van der Waals surface area contributed by atoms with Gasteiger partial charge in [0.1, 0.15) is 6.33 Å². The van der Waals surface area contributed by atoms with Gasteiger partial charge in [-0.25, -0.2) is 4.98 Å². The van der Waals surface area contributed by atoms with Crippen LogP contribution >= 0.6 is 11.8 Å². The molecule has 1 aromatic heterocycles. The molecule has 6 heteroatoms. The molecule has 0 aliphatic carbocycles. The molecule has 0 spiro atoms. The Bertz CT molecular complexity index is 627. The third kappa shape index (κ3) is 4.58. The molecule has 1 fully saturated rings. The molecule has 2 aromatic rings. The van der Waals surface area contributed by atoms with Crippen molar-refractivity contribution in [3.05, 3.63) is 41.7 Å². The Morgan fingerprint density at radius 2 is 2.22 bits per heavy atom. The number of hydrogen-bond acceptors (Lipinski definition) is 4. The quantitative estimate of drug-likeness (QED) is 0.856. The van der Waals surface area contributed by atoms with Crippen LogP contribution in [0.1, 0.15) is 24.0 Å². The summed E-state index contributed by atoms with van der Waals surface area (Å²) in [5.74, 6) is 1.18. The maximum atomic E-state index is 12.4. The first kappa shape index (κ1) is 16.1. The van der Waals surface area contributed by atoms with Gasteiger partial charge in [0, 0.05) is 13.1 Å². The smallest absolute Gasteiger partial charge is 0.233 e. The Morgan fingerprint density at radius 1 is 1.39 bits per heavy atom. The predicted octanol–water partition coefficient (Wildman–Crippen LogP) is 2.69. The van der Waals surface area contributed by atoms with Gasteiger partial charge >= 0.3 is 0 Å². The number of carbonyl (C=O) groups excluding carboxylic acids is 1. The number of benzene rings is 1. The molecule has 23 heavy (non-hydrogen) atoms. The molecule has 1 aliphatic heterocycles. The first-order valence-electron chi connectivity index (χ1n) is 8.02. The second-order valence-corrected chi connectivity index (χ2v) is 7.08. The number of thioether (sulfide) groups is 1. The highest BCUT2D eigenvalue weighted by atomic mass is 32.2. The first-order valence-corrected chi connectivity index (χ1v) is 9.01. The van der Waals surface area contributed by atoms with E-state index in [-0.39, 0.29) is 5.91 Å². The fraction of sp³-hybridized carbons (Fsp3) is 0.471. The molecule has 2 heterocycles. The molecule has 3 rings (SSSR count). The number of H-pyrrole nitrogens is 1. The number of nitrogens with one attached hydrogen (secondary N) is 1. The zero-order valence-electron chi connectivity index (χ0n) is 13.4. The van der Waals surface area contributed by atoms with Crippen LogP contribution in [-0.2, 0) is 11.2 Å². The molecule has 122 valence electrons. The summed E-state index contributed by atoms with van der Waals surface area (Å²) in [5.41, 5.74) is 2.66. The third-order valence-electron chi connectivity index (χ3n) is 4.24. The molecule has 1 saturated heterocycles. The Balaban J connectivity index is 1.51. The lowest BCUT2D eigenvalue weighted by molar-refractivity contribution is -0.130. The van der Waals surface area contributed by atoms with E-state index in [9.17, 15) is 4.79 Å². The van der Waals surface area contributed by atoms with Gasteiger partial charge in [0.05, 0.1) is 5.75 Å². The normalized spacial score (nSPS) is 18.1. The van der Waals surface area contributed by atoms with E-state index in [1.807, 2.05) is 4.90 Å². The topological polar surface area (TPSA) is 61.9 Å². The van der Waals surface area contributed by atoms with Crippen molar-refractivity contribution >= 4 is 17.7 Å². The molecule has 1 aliphatic rings. The fourth-order valence-corrected chi connectivity index (χ4v) is 3.68. The molecule has 0 unspecified atom stereocenters. The molecule has 1 amide bonds. The van der Waals surface area contributed by atoms with E-state index in [0.29, 0.717) is 16.8 Å². The lowest BCUT2D eigenvalue weighted by Crippen LogP contribution is -2.41. The summed E-state index contributed by atoms with van der Waals surface area (Å²) in [4.78, 5) is 18.4. The van der Waals surface area contributed by atoms with Crippen molar-refractivity contribution in [1.29, 1.82) is 0 Å². The van der Waals surface area contributed by atoms with Crippen LogP contribution in [0.2, 0.25) is 0 Å². The minimum Gasteiger partial charge on any atom is -0.342 e. The van der Waals surface area contributed by atoms with E-state index < -0.39 is 0 Å². The summed E-state index contributed by atoms with van der Waals surface area (Å²) in [6.45, 7) is 3.85. The number of nitrogens with zero attached hydrogens (tertiary/aromatic N) is 3. The highest BCUT2D eigenvalue weighted by Gasteiger charge is 2.23. The van der Waals surface area contributed by atoms with Crippen molar-refractivity contribution in [2.24, 2.45) is 5.92 Å². The van der Waals surface area contributed by atoms with Crippen LogP contribution in [0, 0.1) is 12.8 Å². The second kappa shape index (κ2) is 7.64. The van der Waals surface area contributed by atoms with E-state index in [1.165, 1.54) is 35.6 Å². The van der Waals surface area contributed by atoms with Gasteiger partial charge in [0.15, 0.2) is 5.16 Å². The Labute approximate surface area is 140 Å². The molecule has 1 N–H and O–H groups in total. The van der Waals surface area contributed by atoms with Crippen LogP contribution < -0.4 is 0 Å². The SMILES string of the molecule is Cc1ccc(C[C@@H]2CCCN(C(=O)CSc3ncn[nH]3)C2)cc1. The van der Waals surface area contributed by atoms with Gasteiger partial charge in [0.2, 0.25) is 5.91 Å². The molecule has 1 aromatic carbocycles. The number of aromatic nitrogens is 3. The molecule has 0 saturated carbocycles. The molecule has 5 nitrogen and oxygen atoms in total. The molecule has 1 atom stereocenters. The number of rotatable bonds is 5. The summed E-state index contributed by atoms with van der Waals surface area (Å²) in [6.07, 6.45) is 4.81. The maximum absolute atomic E-state index is 12.4. The van der Waals surface area contributed by atoms with E-state index in [0.717, 1.165) is 25.9 Å². The van der Waals surface area contributed by atoms with Crippen LogP contribution in [0.15, 0.2) is 35.7 Å². The van der Waals surface area contributed by atoms with Crippen molar-refractivity contribution < 1.29 is 4.79 Å². The van der Waals surface area contributed by atoms with Gasteiger partial charge in [-0.1, -0.05) is 41.6 Å². The van der Waals surface area contributed by atoms with Gasteiger partial charge < -0.3 is 4.90 Å². The average Bonchev–Trinajstić information content (AvgIpc) is 3.08. The summed E-state index contributed by atoms with van der Waals surface area (Å²) in [6, 6.07) is 8.73. The van der Waals surface area contributed by atoms with Crippen molar-refractivity contribution in [2.45, 2.75) is 31.3 Å². The summed E-state index contributed by atoms with van der Waals surface area (Å²) >= 11 is 1.42. The zero-order chi connectivity index (χ0) is 16.1. The van der Waals surface area contributed by atoms with Crippen LogP contribution in [0.5, 0.6) is 0 Å².